The van der Waals surface area contributed by atoms with Crippen LogP contribution in [-0.4, -0.2) is 22.4 Å². The summed E-state index contributed by atoms with van der Waals surface area (Å²) in [6, 6.07) is 18.1. The number of aromatic nitrogens is 2. The molecule has 0 bridgehead atoms. The van der Waals surface area contributed by atoms with Crippen molar-refractivity contribution in [2.45, 2.75) is 12.8 Å². The van der Waals surface area contributed by atoms with Crippen LogP contribution in [0.1, 0.15) is 11.1 Å². The largest absolute Gasteiger partial charge is 0.361 e. The number of para-hydroxylation sites is 2. The first-order chi connectivity index (χ1) is 12.3. The van der Waals surface area contributed by atoms with E-state index in [2.05, 4.69) is 27.4 Å². The van der Waals surface area contributed by atoms with Crippen LogP contribution in [0.2, 0.25) is 0 Å². The number of nitrogens with one attached hydrogen (secondary N) is 2. The number of amides is 1. The molecule has 4 nitrogen and oxygen atoms in total. The summed E-state index contributed by atoms with van der Waals surface area (Å²) in [5.74, 6) is 0.0259. The van der Waals surface area contributed by atoms with Gasteiger partial charge in [-0.2, -0.15) is 0 Å². The first-order valence-corrected chi connectivity index (χ1v) is 8.45. The number of rotatable bonds is 5. The number of pyridine rings is 1. The lowest BCUT2D eigenvalue weighted by Gasteiger charge is -2.07. The molecule has 1 amide bonds. The highest BCUT2D eigenvalue weighted by atomic mass is 16.1. The van der Waals surface area contributed by atoms with Gasteiger partial charge in [0.1, 0.15) is 0 Å². The third-order valence-corrected chi connectivity index (χ3v) is 4.46. The van der Waals surface area contributed by atoms with Crippen molar-refractivity contribution in [1.29, 1.82) is 0 Å². The van der Waals surface area contributed by atoms with E-state index in [0.717, 1.165) is 28.4 Å². The van der Waals surface area contributed by atoms with Gasteiger partial charge >= 0.3 is 0 Å². The standard InChI is InChI=1S/C21H19N3O/c25-20(13-16-6-3-5-15-7-4-11-23-21(15)16)22-12-10-17-14-24-19-9-2-1-8-18(17)19/h1-9,11,14,24H,10,12-13H2,(H,22,25). The third kappa shape index (κ3) is 3.24. The highest BCUT2D eigenvalue weighted by Gasteiger charge is 2.08. The molecule has 0 saturated carbocycles. The summed E-state index contributed by atoms with van der Waals surface area (Å²) in [6.45, 7) is 0.624. The molecule has 124 valence electrons. The number of carbonyl (C=O) groups excluding carboxylic acids is 1. The van der Waals surface area contributed by atoms with Gasteiger partial charge in [-0.05, 0) is 29.7 Å². The number of nitrogens with zero attached hydrogens (tertiary/aromatic N) is 1. The molecule has 2 heterocycles. The minimum Gasteiger partial charge on any atom is -0.361 e. The van der Waals surface area contributed by atoms with Crippen molar-refractivity contribution in [3.8, 4) is 0 Å². The van der Waals surface area contributed by atoms with Gasteiger partial charge in [0, 0.05) is 35.2 Å². The van der Waals surface area contributed by atoms with Crippen LogP contribution in [0.4, 0.5) is 0 Å². The maximum Gasteiger partial charge on any atom is 0.224 e. The summed E-state index contributed by atoms with van der Waals surface area (Å²) in [5, 5.41) is 5.30. The summed E-state index contributed by atoms with van der Waals surface area (Å²) < 4.78 is 0. The summed E-state index contributed by atoms with van der Waals surface area (Å²) in [7, 11) is 0. The second-order valence-corrected chi connectivity index (χ2v) is 6.13. The molecule has 2 aromatic heterocycles. The van der Waals surface area contributed by atoms with Crippen LogP contribution >= 0.6 is 0 Å². The zero-order chi connectivity index (χ0) is 17.1. The van der Waals surface area contributed by atoms with Crippen molar-refractivity contribution < 1.29 is 4.79 Å². The van der Waals surface area contributed by atoms with Gasteiger partial charge in [-0.3, -0.25) is 9.78 Å². The van der Waals surface area contributed by atoms with Gasteiger partial charge in [0.2, 0.25) is 5.91 Å². The lowest BCUT2D eigenvalue weighted by molar-refractivity contribution is -0.120. The minimum atomic E-state index is 0.0259. The molecular weight excluding hydrogens is 310 g/mol. The van der Waals surface area contributed by atoms with Crippen molar-refractivity contribution >= 4 is 27.7 Å². The lowest BCUT2D eigenvalue weighted by atomic mass is 10.1. The topological polar surface area (TPSA) is 57.8 Å². The maximum absolute atomic E-state index is 12.3. The first kappa shape index (κ1) is 15.4. The molecule has 2 N–H and O–H groups in total. The van der Waals surface area contributed by atoms with Crippen molar-refractivity contribution in [1.82, 2.24) is 15.3 Å². The SMILES string of the molecule is O=C(Cc1cccc2cccnc12)NCCc1c[nH]c2ccccc12. The van der Waals surface area contributed by atoms with Gasteiger partial charge in [0.15, 0.2) is 0 Å². The highest BCUT2D eigenvalue weighted by Crippen LogP contribution is 2.18. The number of hydrogen-bond acceptors (Lipinski definition) is 2. The van der Waals surface area contributed by atoms with E-state index in [1.807, 2.05) is 48.7 Å². The van der Waals surface area contributed by atoms with E-state index in [9.17, 15) is 4.79 Å². The van der Waals surface area contributed by atoms with Gasteiger partial charge in [-0.1, -0.05) is 42.5 Å². The zero-order valence-electron chi connectivity index (χ0n) is 13.8. The number of aromatic amines is 1. The van der Waals surface area contributed by atoms with E-state index >= 15 is 0 Å². The Hall–Kier alpha value is -3.14. The lowest BCUT2D eigenvalue weighted by Crippen LogP contribution is -2.27. The Morgan fingerprint density at radius 1 is 1.00 bits per heavy atom. The fourth-order valence-corrected chi connectivity index (χ4v) is 3.22. The fourth-order valence-electron chi connectivity index (χ4n) is 3.22. The molecule has 0 aliphatic carbocycles. The fraction of sp³-hybridized carbons (Fsp3) is 0.143. The Morgan fingerprint density at radius 3 is 2.84 bits per heavy atom. The second-order valence-electron chi connectivity index (χ2n) is 6.13. The number of fused-ring (bicyclic) bond motifs is 2. The molecule has 0 spiro atoms. The molecule has 0 atom stereocenters. The zero-order valence-corrected chi connectivity index (χ0v) is 13.8. The van der Waals surface area contributed by atoms with Crippen LogP contribution in [0.3, 0.4) is 0 Å². The summed E-state index contributed by atoms with van der Waals surface area (Å²) in [6.07, 6.45) is 4.94. The normalized spacial score (nSPS) is 11.0. The summed E-state index contributed by atoms with van der Waals surface area (Å²) in [4.78, 5) is 20.0. The molecule has 2 aromatic carbocycles. The monoisotopic (exact) mass is 329 g/mol. The molecule has 4 aromatic rings. The van der Waals surface area contributed by atoms with Gasteiger partial charge < -0.3 is 10.3 Å². The molecule has 0 radical (unpaired) electrons. The van der Waals surface area contributed by atoms with Gasteiger partial charge in [0.05, 0.1) is 11.9 Å². The molecule has 0 aliphatic rings. The summed E-state index contributed by atoms with van der Waals surface area (Å²) in [5.41, 5.74) is 4.22. The molecule has 25 heavy (non-hydrogen) atoms. The molecule has 0 saturated heterocycles. The van der Waals surface area contributed by atoms with E-state index in [1.165, 1.54) is 10.9 Å². The van der Waals surface area contributed by atoms with Crippen LogP contribution in [0.15, 0.2) is 67.0 Å². The maximum atomic E-state index is 12.3. The highest BCUT2D eigenvalue weighted by molar-refractivity contribution is 5.87. The Kier molecular flexibility index (Phi) is 4.17. The van der Waals surface area contributed by atoms with E-state index in [4.69, 9.17) is 0 Å². The molecule has 0 fully saturated rings. The molecular formula is C21H19N3O. The van der Waals surface area contributed by atoms with Crippen molar-refractivity contribution in [3.63, 3.8) is 0 Å². The number of H-pyrrole nitrogens is 1. The second kappa shape index (κ2) is 6.77. The number of hydrogen-bond donors (Lipinski definition) is 2. The number of carbonyl (C=O) groups is 1. The summed E-state index contributed by atoms with van der Waals surface area (Å²) >= 11 is 0. The first-order valence-electron chi connectivity index (χ1n) is 8.45. The van der Waals surface area contributed by atoms with E-state index in [-0.39, 0.29) is 5.91 Å². The van der Waals surface area contributed by atoms with Crippen LogP contribution in [0, 0.1) is 0 Å². The van der Waals surface area contributed by atoms with Crippen LogP contribution in [0.25, 0.3) is 21.8 Å². The quantitative estimate of drug-likeness (QED) is 0.587. The molecule has 4 rings (SSSR count). The average Bonchev–Trinajstić information content (AvgIpc) is 3.05. The van der Waals surface area contributed by atoms with E-state index in [0.29, 0.717) is 13.0 Å². The average molecular weight is 329 g/mol. The predicted molar refractivity (Wildman–Crippen MR) is 100 cm³/mol. The van der Waals surface area contributed by atoms with Gasteiger partial charge in [-0.15, -0.1) is 0 Å². The predicted octanol–water partition coefficient (Wildman–Crippen LogP) is 3.62. The van der Waals surface area contributed by atoms with Crippen molar-refractivity contribution in [2.75, 3.05) is 6.54 Å². The smallest absolute Gasteiger partial charge is 0.224 e. The van der Waals surface area contributed by atoms with Crippen molar-refractivity contribution in [2.24, 2.45) is 0 Å². The van der Waals surface area contributed by atoms with Gasteiger partial charge in [-0.25, -0.2) is 0 Å². The minimum absolute atomic E-state index is 0.0259. The molecule has 0 unspecified atom stereocenters. The van der Waals surface area contributed by atoms with E-state index < -0.39 is 0 Å². The number of benzene rings is 2. The van der Waals surface area contributed by atoms with Gasteiger partial charge in [0.25, 0.3) is 0 Å². The van der Waals surface area contributed by atoms with Crippen LogP contribution in [0.5, 0.6) is 0 Å². The molecule has 0 aliphatic heterocycles. The Balaban J connectivity index is 1.39. The Labute approximate surface area is 145 Å². The Morgan fingerprint density at radius 2 is 1.88 bits per heavy atom. The molecule has 4 heteroatoms. The Bertz CT molecular complexity index is 1030. The van der Waals surface area contributed by atoms with E-state index in [1.54, 1.807) is 6.20 Å². The van der Waals surface area contributed by atoms with Crippen molar-refractivity contribution in [3.05, 3.63) is 78.1 Å². The third-order valence-electron chi connectivity index (χ3n) is 4.46. The van der Waals surface area contributed by atoms with Crippen LogP contribution < -0.4 is 5.32 Å². The van der Waals surface area contributed by atoms with Crippen LogP contribution in [-0.2, 0) is 17.6 Å².